The molecular weight excluding hydrogens is 354 g/mol. The molecule has 7 nitrogen and oxygen atoms in total. The van der Waals surface area contributed by atoms with Gasteiger partial charge in [0.15, 0.2) is 18.3 Å². The Balaban J connectivity index is 1.56. The molecule has 2 aromatic carbocycles. The van der Waals surface area contributed by atoms with E-state index in [1.807, 2.05) is 30.5 Å². The van der Waals surface area contributed by atoms with Crippen molar-refractivity contribution in [2.45, 2.75) is 18.9 Å². The van der Waals surface area contributed by atoms with Gasteiger partial charge in [0.2, 0.25) is 5.96 Å². The highest BCUT2D eigenvalue weighted by atomic mass is 16.5. The molecule has 0 saturated heterocycles. The Kier molecular flexibility index (Phi) is 4.93. The fourth-order valence-electron chi connectivity index (χ4n) is 3.43. The van der Waals surface area contributed by atoms with Crippen molar-refractivity contribution in [1.82, 2.24) is 15.6 Å². The topological polar surface area (TPSA) is 95.5 Å². The summed E-state index contributed by atoms with van der Waals surface area (Å²) < 4.78 is 10.8. The Bertz CT molecular complexity index is 1010. The number of aliphatic imine (C=N–C) groups is 1. The summed E-state index contributed by atoms with van der Waals surface area (Å²) in [5, 5.41) is 15.1. The second kappa shape index (κ2) is 7.84. The molecule has 0 fully saturated rings. The van der Waals surface area contributed by atoms with Crippen molar-refractivity contribution >= 4 is 11.6 Å². The number of benzene rings is 2. The van der Waals surface area contributed by atoms with Crippen molar-refractivity contribution in [3.8, 4) is 23.3 Å². The van der Waals surface area contributed by atoms with E-state index in [0.717, 1.165) is 18.4 Å². The number of rotatable bonds is 4. The number of fused-ring (bicyclic) bond motifs is 1. The van der Waals surface area contributed by atoms with Crippen molar-refractivity contribution in [3.63, 3.8) is 0 Å². The van der Waals surface area contributed by atoms with Crippen LogP contribution in [0.3, 0.4) is 0 Å². The minimum absolute atomic E-state index is 0.187. The Morgan fingerprint density at radius 3 is 2.68 bits per heavy atom. The minimum atomic E-state index is 0.187. The zero-order valence-corrected chi connectivity index (χ0v) is 15.3. The monoisotopic (exact) mass is 373 g/mol. The summed E-state index contributed by atoms with van der Waals surface area (Å²) in [6.45, 7) is 0. The molecule has 0 unspecified atom stereocenters. The highest BCUT2D eigenvalue weighted by Crippen LogP contribution is 2.33. The van der Waals surface area contributed by atoms with E-state index >= 15 is 0 Å². The summed E-state index contributed by atoms with van der Waals surface area (Å²) in [6, 6.07) is 14.0. The van der Waals surface area contributed by atoms with E-state index < -0.39 is 0 Å². The van der Waals surface area contributed by atoms with Gasteiger partial charge in [-0.2, -0.15) is 5.26 Å². The standard InChI is InChI=1S/C21H19N5O2/c1-27-19-10-16(6-7-18(19)20-11-23-13-28-20)25-21(24-12-22)26-17-8-14-4-2-3-5-15(14)9-17/h2-7,10-11,13,17H,8-9H2,1H3,(H2,24,25,26). The maximum absolute atomic E-state index is 9.11. The summed E-state index contributed by atoms with van der Waals surface area (Å²) >= 11 is 0. The van der Waals surface area contributed by atoms with Crippen LogP contribution in [-0.4, -0.2) is 24.1 Å². The third-order valence-electron chi connectivity index (χ3n) is 4.69. The molecule has 1 aromatic heterocycles. The molecule has 1 heterocycles. The van der Waals surface area contributed by atoms with Gasteiger partial charge in [0.25, 0.3) is 0 Å². The number of nitriles is 1. The number of oxazole rings is 1. The number of ether oxygens (including phenoxy) is 1. The lowest BCUT2D eigenvalue weighted by Crippen LogP contribution is -2.42. The van der Waals surface area contributed by atoms with Gasteiger partial charge in [-0.05, 0) is 36.1 Å². The molecule has 28 heavy (non-hydrogen) atoms. The van der Waals surface area contributed by atoms with Crippen LogP contribution < -0.4 is 15.4 Å². The number of aromatic nitrogens is 1. The van der Waals surface area contributed by atoms with Crippen LogP contribution in [0.4, 0.5) is 5.69 Å². The van der Waals surface area contributed by atoms with Crippen LogP contribution in [0.15, 0.2) is 64.5 Å². The molecule has 0 radical (unpaired) electrons. The van der Waals surface area contributed by atoms with Gasteiger partial charge in [0.05, 0.1) is 24.6 Å². The van der Waals surface area contributed by atoms with Gasteiger partial charge in [-0.1, -0.05) is 24.3 Å². The maximum atomic E-state index is 9.11. The predicted molar refractivity (Wildman–Crippen MR) is 105 cm³/mol. The molecule has 1 aliphatic carbocycles. The van der Waals surface area contributed by atoms with Crippen LogP contribution >= 0.6 is 0 Å². The SMILES string of the molecule is COc1cc(/N=C(\NC#N)NC2Cc3ccccc3C2)ccc1-c1cnco1. The van der Waals surface area contributed by atoms with Crippen molar-refractivity contribution in [2.75, 3.05) is 7.11 Å². The highest BCUT2D eigenvalue weighted by Gasteiger charge is 2.21. The number of methoxy groups -OCH3 is 1. The van der Waals surface area contributed by atoms with Gasteiger partial charge in [0, 0.05) is 12.1 Å². The molecule has 0 saturated carbocycles. The van der Waals surface area contributed by atoms with Gasteiger partial charge in [-0.25, -0.2) is 9.98 Å². The van der Waals surface area contributed by atoms with E-state index in [4.69, 9.17) is 14.4 Å². The van der Waals surface area contributed by atoms with Crippen LogP contribution in [0, 0.1) is 11.5 Å². The molecule has 1 aliphatic rings. The average Bonchev–Trinajstić information content (AvgIpc) is 3.37. The van der Waals surface area contributed by atoms with Gasteiger partial charge in [-0.3, -0.25) is 5.32 Å². The minimum Gasteiger partial charge on any atom is -0.496 e. The molecular formula is C21H19N5O2. The van der Waals surface area contributed by atoms with Gasteiger partial charge in [0.1, 0.15) is 5.75 Å². The van der Waals surface area contributed by atoms with Crippen LogP contribution in [0.1, 0.15) is 11.1 Å². The average molecular weight is 373 g/mol. The number of nitrogens with one attached hydrogen (secondary N) is 2. The first-order valence-corrected chi connectivity index (χ1v) is 8.91. The number of nitrogens with zero attached hydrogens (tertiary/aromatic N) is 3. The molecule has 7 heteroatoms. The summed E-state index contributed by atoms with van der Waals surface area (Å²) in [5.41, 5.74) is 4.09. The van der Waals surface area contributed by atoms with E-state index in [1.54, 1.807) is 19.4 Å². The maximum Gasteiger partial charge on any atom is 0.210 e. The van der Waals surface area contributed by atoms with E-state index in [-0.39, 0.29) is 6.04 Å². The van der Waals surface area contributed by atoms with E-state index in [9.17, 15) is 0 Å². The van der Waals surface area contributed by atoms with Crippen molar-refractivity contribution in [2.24, 2.45) is 4.99 Å². The highest BCUT2D eigenvalue weighted by molar-refractivity contribution is 5.85. The number of hydrogen-bond acceptors (Lipinski definition) is 5. The first-order chi connectivity index (χ1) is 13.8. The molecule has 0 amide bonds. The van der Waals surface area contributed by atoms with Crippen molar-refractivity contribution in [1.29, 1.82) is 5.26 Å². The third kappa shape index (κ3) is 3.67. The van der Waals surface area contributed by atoms with Gasteiger partial charge in [-0.15, -0.1) is 0 Å². The molecule has 4 rings (SSSR count). The first-order valence-electron chi connectivity index (χ1n) is 8.91. The normalized spacial score (nSPS) is 13.6. The fraction of sp³-hybridized carbons (Fsp3) is 0.190. The lowest BCUT2D eigenvalue weighted by atomic mass is 10.1. The third-order valence-corrected chi connectivity index (χ3v) is 4.69. The Labute approximate surface area is 162 Å². The molecule has 140 valence electrons. The fourth-order valence-corrected chi connectivity index (χ4v) is 3.43. The van der Waals surface area contributed by atoms with Crippen LogP contribution in [-0.2, 0) is 12.8 Å². The zero-order valence-electron chi connectivity index (χ0n) is 15.3. The van der Waals surface area contributed by atoms with E-state index in [1.165, 1.54) is 17.5 Å². The van der Waals surface area contributed by atoms with Gasteiger partial charge >= 0.3 is 0 Å². The Morgan fingerprint density at radius 1 is 1.25 bits per heavy atom. The van der Waals surface area contributed by atoms with Crippen LogP contribution in [0.25, 0.3) is 11.3 Å². The van der Waals surface area contributed by atoms with E-state index in [2.05, 4.69) is 32.7 Å². The molecule has 0 bridgehead atoms. The quantitative estimate of drug-likeness (QED) is 0.316. The summed E-state index contributed by atoms with van der Waals surface area (Å²) in [5.74, 6) is 1.64. The lowest BCUT2D eigenvalue weighted by molar-refractivity contribution is 0.415. The van der Waals surface area contributed by atoms with E-state index in [0.29, 0.717) is 23.2 Å². The number of hydrogen-bond donors (Lipinski definition) is 2. The van der Waals surface area contributed by atoms with Crippen LogP contribution in [0.5, 0.6) is 5.75 Å². The van der Waals surface area contributed by atoms with Crippen LogP contribution in [0.2, 0.25) is 0 Å². The second-order valence-electron chi connectivity index (χ2n) is 6.47. The second-order valence-corrected chi connectivity index (χ2v) is 6.47. The lowest BCUT2D eigenvalue weighted by Gasteiger charge is -2.14. The molecule has 0 aliphatic heterocycles. The largest absolute Gasteiger partial charge is 0.496 e. The summed E-state index contributed by atoms with van der Waals surface area (Å²) in [7, 11) is 1.59. The Morgan fingerprint density at radius 2 is 2.04 bits per heavy atom. The summed E-state index contributed by atoms with van der Waals surface area (Å²) in [6.07, 6.45) is 6.75. The zero-order chi connectivity index (χ0) is 19.3. The van der Waals surface area contributed by atoms with Crippen molar-refractivity contribution in [3.05, 3.63) is 66.2 Å². The molecule has 0 spiro atoms. The predicted octanol–water partition coefficient (Wildman–Crippen LogP) is 3.17. The number of guanidine groups is 1. The van der Waals surface area contributed by atoms with Gasteiger partial charge < -0.3 is 14.5 Å². The Hall–Kier alpha value is -3.79. The first kappa shape index (κ1) is 17.6. The molecule has 3 aromatic rings. The summed E-state index contributed by atoms with van der Waals surface area (Å²) in [4.78, 5) is 8.49. The smallest absolute Gasteiger partial charge is 0.210 e. The van der Waals surface area contributed by atoms with Crippen molar-refractivity contribution < 1.29 is 9.15 Å². The molecule has 2 N–H and O–H groups in total. The molecule has 0 atom stereocenters.